The van der Waals surface area contributed by atoms with Gasteiger partial charge in [-0.2, -0.15) is 0 Å². The summed E-state index contributed by atoms with van der Waals surface area (Å²) in [4.78, 5) is 40.2. The zero-order valence-electron chi connectivity index (χ0n) is 15.6. The maximum Gasteiger partial charge on any atom is 0.333 e. The molecule has 0 fully saturated rings. The lowest BCUT2D eigenvalue weighted by atomic mass is 10.2. The fourth-order valence-electron chi connectivity index (χ4n) is 3.02. The molecule has 0 aliphatic rings. The Bertz CT molecular complexity index is 1360. The smallest absolute Gasteiger partial charge is 0.332 e. The van der Waals surface area contributed by atoms with Crippen LogP contribution in [0.25, 0.3) is 16.6 Å². The Balaban J connectivity index is 1.55. The first-order valence-electron chi connectivity index (χ1n) is 9.05. The van der Waals surface area contributed by atoms with Gasteiger partial charge in [-0.05, 0) is 60.7 Å². The highest BCUT2D eigenvalue weighted by Gasteiger charge is 2.12. The van der Waals surface area contributed by atoms with Crippen LogP contribution in [0.4, 0.5) is 5.69 Å². The molecule has 0 saturated heterocycles. The molecule has 0 unspecified atom stereocenters. The first-order valence-corrected chi connectivity index (χ1v) is 9.45. The maximum absolute atomic E-state index is 12.7. The molecule has 0 atom stereocenters. The molecule has 1 amide bonds. The van der Waals surface area contributed by atoms with E-state index in [1.165, 1.54) is 24.3 Å². The van der Waals surface area contributed by atoms with E-state index in [1.54, 1.807) is 24.3 Å². The van der Waals surface area contributed by atoms with Gasteiger partial charge in [0, 0.05) is 11.3 Å². The van der Waals surface area contributed by atoms with Crippen LogP contribution < -0.4 is 21.9 Å². The predicted molar refractivity (Wildman–Crippen MR) is 120 cm³/mol. The van der Waals surface area contributed by atoms with Crippen LogP contribution in [-0.4, -0.2) is 20.6 Å². The highest BCUT2D eigenvalue weighted by molar-refractivity contribution is 7.80. The Kier molecular flexibility index (Phi) is 5.23. The first-order chi connectivity index (χ1) is 14.5. The third kappa shape index (κ3) is 3.89. The molecule has 0 spiro atoms. The second kappa shape index (κ2) is 8.14. The van der Waals surface area contributed by atoms with Crippen molar-refractivity contribution in [3.05, 3.63) is 105 Å². The molecule has 4 rings (SSSR count). The lowest BCUT2D eigenvalue weighted by Gasteiger charge is -2.10. The Morgan fingerprint density at radius 2 is 1.53 bits per heavy atom. The Labute approximate surface area is 176 Å². The fraction of sp³-hybridized carbons (Fsp3) is 0. The third-order valence-electron chi connectivity index (χ3n) is 4.45. The molecular weight excluding hydrogens is 400 g/mol. The number of benzene rings is 3. The average molecular weight is 416 g/mol. The second-order valence-electron chi connectivity index (χ2n) is 6.44. The normalized spacial score (nSPS) is 10.5. The largest absolute Gasteiger partial charge is 0.333 e. The molecule has 4 aromatic rings. The number of para-hydroxylation sites is 2. The molecule has 7 nitrogen and oxygen atoms in total. The van der Waals surface area contributed by atoms with Crippen molar-refractivity contribution < 1.29 is 4.79 Å². The number of thiocarbonyl (C=S) groups is 1. The van der Waals surface area contributed by atoms with Gasteiger partial charge in [-0.25, -0.2) is 9.36 Å². The van der Waals surface area contributed by atoms with Gasteiger partial charge < -0.3 is 10.3 Å². The average Bonchev–Trinajstić information content (AvgIpc) is 2.75. The van der Waals surface area contributed by atoms with Crippen LogP contribution >= 0.6 is 12.2 Å². The topological polar surface area (TPSA) is 96.0 Å². The Hall–Kier alpha value is -4.04. The number of aromatic nitrogens is 2. The summed E-state index contributed by atoms with van der Waals surface area (Å²) in [6.07, 6.45) is 0. The molecule has 0 bridgehead atoms. The zero-order chi connectivity index (χ0) is 21.1. The Morgan fingerprint density at radius 3 is 2.27 bits per heavy atom. The molecule has 0 aliphatic heterocycles. The molecule has 3 N–H and O–H groups in total. The number of amides is 1. The number of carbonyl (C=O) groups excluding carboxylic acids is 1. The van der Waals surface area contributed by atoms with Gasteiger partial charge in [0.2, 0.25) is 0 Å². The first kappa shape index (κ1) is 19.3. The summed E-state index contributed by atoms with van der Waals surface area (Å²) < 4.78 is 1.03. The molecule has 1 heterocycles. The summed E-state index contributed by atoms with van der Waals surface area (Å²) in [6, 6.07) is 22.1. The van der Waals surface area contributed by atoms with Crippen molar-refractivity contribution in [2.24, 2.45) is 0 Å². The minimum atomic E-state index is -0.552. The lowest BCUT2D eigenvalue weighted by Crippen LogP contribution is -2.34. The van der Waals surface area contributed by atoms with E-state index in [0.29, 0.717) is 22.2 Å². The number of hydrogen-bond acceptors (Lipinski definition) is 4. The molecule has 148 valence electrons. The Morgan fingerprint density at radius 1 is 0.867 bits per heavy atom. The van der Waals surface area contributed by atoms with Gasteiger partial charge in [0.25, 0.3) is 11.5 Å². The highest BCUT2D eigenvalue weighted by Crippen LogP contribution is 2.10. The molecule has 0 aliphatic carbocycles. The van der Waals surface area contributed by atoms with Crippen LogP contribution in [-0.2, 0) is 0 Å². The van der Waals surface area contributed by atoms with Crippen LogP contribution in [0.1, 0.15) is 10.4 Å². The van der Waals surface area contributed by atoms with Gasteiger partial charge >= 0.3 is 5.69 Å². The second-order valence-corrected chi connectivity index (χ2v) is 6.85. The van der Waals surface area contributed by atoms with Crippen molar-refractivity contribution in [1.29, 1.82) is 0 Å². The van der Waals surface area contributed by atoms with E-state index in [1.807, 2.05) is 30.3 Å². The maximum atomic E-state index is 12.7. The minimum absolute atomic E-state index is 0.164. The predicted octanol–water partition coefficient (Wildman–Crippen LogP) is 2.81. The number of H-pyrrole nitrogens is 1. The zero-order valence-corrected chi connectivity index (χ0v) is 16.4. The van der Waals surface area contributed by atoms with Crippen molar-refractivity contribution in [2.45, 2.75) is 0 Å². The van der Waals surface area contributed by atoms with Crippen LogP contribution in [0.15, 0.2) is 88.5 Å². The highest BCUT2D eigenvalue weighted by atomic mass is 32.1. The SMILES string of the molecule is O=C(NC(=S)Nc1ccccc1)c1ccc(-n2c(=O)[nH]c3ccccc3c2=O)cc1. The van der Waals surface area contributed by atoms with Crippen molar-refractivity contribution in [2.75, 3.05) is 5.32 Å². The lowest BCUT2D eigenvalue weighted by molar-refractivity contribution is 0.0978. The molecule has 8 heteroatoms. The number of fused-ring (bicyclic) bond motifs is 1. The quantitative estimate of drug-likeness (QED) is 0.447. The molecule has 30 heavy (non-hydrogen) atoms. The van der Waals surface area contributed by atoms with Crippen LogP contribution in [0.2, 0.25) is 0 Å². The van der Waals surface area contributed by atoms with Gasteiger partial charge in [0.1, 0.15) is 0 Å². The summed E-state index contributed by atoms with van der Waals surface area (Å²) in [6.45, 7) is 0. The van der Waals surface area contributed by atoms with Gasteiger partial charge in [0.05, 0.1) is 16.6 Å². The van der Waals surface area contributed by atoms with Gasteiger partial charge in [-0.15, -0.1) is 0 Å². The standard InChI is InChI=1S/C22H16N4O3S/c27-19(25-21(30)23-15-6-2-1-3-7-15)14-10-12-16(13-11-14)26-20(28)17-8-4-5-9-18(17)24-22(26)29/h1-13H,(H,24,29)(H2,23,25,27,30). The summed E-state index contributed by atoms with van der Waals surface area (Å²) >= 11 is 5.16. The molecular formula is C22H16N4O3S. The minimum Gasteiger partial charge on any atom is -0.332 e. The number of anilines is 1. The summed E-state index contributed by atoms with van der Waals surface area (Å²) in [5.41, 5.74) is 0.936. The van der Waals surface area contributed by atoms with Crippen molar-refractivity contribution in [3.8, 4) is 5.69 Å². The van der Waals surface area contributed by atoms with Crippen molar-refractivity contribution in [1.82, 2.24) is 14.9 Å². The van der Waals surface area contributed by atoms with E-state index in [9.17, 15) is 14.4 Å². The van der Waals surface area contributed by atoms with E-state index in [4.69, 9.17) is 12.2 Å². The van der Waals surface area contributed by atoms with E-state index in [-0.39, 0.29) is 5.11 Å². The number of carbonyl (C=O) groups is 1. The van der Waals surface area contributed by atoms with Gasteiger partial charge in [-0.3, -0.25) is 14.9 Å². The summed E-state index contributed by atoms with van der Waals surface area (Å²) in [5, 5.41) is 6.08. The van der Waals surface area contributed by atoms with E-state index in [0.717, 1.165) is 10.3 Å². The van der Waals surface area contributed by atoms with E-state index in [2.05, 4.69) is 15.6 Å². The summed E-state index contributed by atoms with van der Waals surface area (Å²) in [5.74, 6) is -0.408. The number of rotatable bonds is 3. The van der Waals surface area contributed by atoms with Crippen molar-refractivity contribution >= 4 is 39.8 Å². The number of aromatic amines is 1. The van der Waals surface area contributed by atoms with E-state index >= 15 is 0 Å². The molecule has 3 aromatic carbocycles. The van der Waals surface area contributed by atoms with Crippen molar-refractivity contribution in [3.63, 3.8) is 0 Å². The fourth-order valence-corrected chi connectivity index (χ4v) is 3.23. The van der Waals surface area contributed by atoms with Crippen LogP contribution in [0, 0.1) is 0 Å². The van der Waals surface area contributed by atoms with Crippen LogP contribution in [0.5, 0.6) is 0 Å². The van der Waals surface area contributed by atoms with Gasteiger partial charge in [0.15, 0.2) is 5.11 Å². The molecule has 0 radical (unpaired) electrons. The number of nitrogens with zero attached hydrogens (tertiary/aromatic N) is 1. The number of nitrogens with one attached hydrogen (secondary N) is 3. The van der Waals surface area contributed by atoms with E-state index < -0.39 is 17.2 Å². The van der Waals surface area contributed by atoms with Crippen LogP contribution in [0.3, 0.4) is 0 Å². The third-order valence-corrected chi connectivity index (χ3v) is 4.66. The molecule has 0 saturated carbocycles. The van der Waals surface area contributed by atoms with Gasteiger partial charge in [-0.1, -0.05) is 30.3 Å². The summed E-state index contributed by atoms with van der Waals surface area (Å²) in [7, 11) is 0. The molecule has 1 aromatic heterocycles. The number of hydrogen-bond donors (Lipinski definition) is 3. The monoisotopic (exact) mass is 416 g/mol.